The van der Waals surface area contributed by atoms with Crippen LogP contribution in [-0.4, -0.2) is 18.0 Å². The summed E-state index contributed by atoms with van der Waals surface area (Å²) in [6.45, 7) is 8.69. The summed E-state index contributed by atoms with van der Waals surface area (Å²) >= 11 is 1.54. The highest BCUT2D eigenvalue weighted by Gasteiger charge is 2.21. The summed E-state index contributed by atoms with van der Waals surface area (Å²) in [5, 5.41) is 2.93. The summed E-state index contributed by atoms with van der Waals surface area (Å²) in [5.74, 6) is -0.0112. The van der Waals surface area contributed by atoms with Gasteiger partial charge < -0.3 is 11.1 Å². The van der Waals surface area contributed by atoms with Gasteiger partial charge in [-0.1, -0.05) is 13.8 Å². The van der Waals surface area contributed by atoms with Crippen LogP contribution in [-0.2, 0) is 0 Å². The highest BCUT2D eigenvalue weighted by atomic mass is 32.1. The Balaban J connectivity index is 2.61. The Morgan fingerprint density at radius 2 is 2.00 bits per heavy atom. The number of nitrogens with one attached hydrogen (secondary N) is 1. The van der Waals surface area contributed by atoms with E-state index in [-0.39, 0.29) is 11.4 Å². The second-order valence-electron chi connectivity index (χ2n) is 4.60. The first kappa shape index (κ1) is 14.2. The minimum Gasteiger partial charge on any atom is -0.349 e. The van der Waals surface area contributed by atoms with Crippen molar-refractivity contribution in [2.24, 2.45) is 5.73 Å². The maximum absolute atomic E-state index is 11.9. The lowest BCUT2D eigenvalue weighted by Crippen LogP contribution is -2.49. The number of rotatable bonds is 5. The maximum atomic E-state index is 11.9. The molecule has 0 aliphatic rings. The highest BCUT2D eigenvalue weighted by molar-refractivity contribution is 7.14. The van der Waals surface area contributed by atoms with Crippen LogP contribution in [0.2, 0.25) is 0 Å². The van der Waals surface area contributed by atoms with Crippen molar-refractivity contribution >= 4 is 17.2 Å². The van der Waals surface area contributed by atoms with Crippen molar-refractivity contribution in [3.8, 4) is 0 Å². The van der Waals surface area contributed by atoms with Crippen LogP contribution in [0, 0.1) is 13.8 Å². The van der Waals surface area contributed by atoms with Gasteiger partial charge in [0.25, 0.3) is 5.91 Å². The van der Waals surface area contributed by atoms with Gasteiger partial charge in [-0.05, 0) is 38.3 Å². The van der Waals surface area contributed by atoms with Crippen LogP contribution >= 0.6 is 11.3 Å². The van der Waals surface area contributed by atoms with Crippen LogP contribution in [0.4, 0.5) is 0 Å². The van der Waals surface area contributed by atoms with E-state index in [9.17, 15) is 4.79 Å². The molecule has 3 N–H and O–H groups in total. The highest BCUT2D eigenvalue weighted by Crippen LogP contribution is 2.20. The number of hydrogen-bond donors (Lipinski definition) is 2. The molecule has 0 bridgehead atoms. The number of nitrogens with two attached hydrogens (primary N) is 1. The van der Waals surface area contributed by atoms with E-state index in [0.29, 0.717) is 6.54 Å². The van der Waals surface area contributed by atoms with Crippen LogP contribution in [0.15, 0.2) is 6.07 Å². The van der Waals surface area contributed by atoms with Gasteiger partial charge in [0.15, 0.2) is 0 Å². The van der Waals surface area contributed by atoms with E-state index in [2.05, 4.69) is 19.2 Å². The van der Waals surface area contributed by atoms with Gasteiger partial charge in [0.2, 0.25) is 0 Å². The number of amides is 1. The lowest BCUT2D eigenvalue weighted by molar-refractivity contribution is 0.0946. The Bertz CT molecular complexity index is 375. The van der Waals surface area contributed by atoms with Crippen LogP contribution in [0.5, 0.6) is 0 Å². The molecule has 0 aromatic carbocycles. The van der Waals surface area contributed by atoms with E-state index in [0.717, 1.165) is 17.7 Å². The molecule has 0 saturated heterocycles. The monoisotopic (exact) mass is 254 g/mol. The molecule has 0 fully saturated rings. The predicted molar refractivity (Wildman–Crippen MR) is 73.6 cm³/mol. The summed E-state index contributed by atoms with van der Waals surface area (Å²) < 4.78 is 0. The van der Waals surface area contributed by atoms with Gasteiger partial charge in [-0.2, -0.15) is 0 Å². The molecule has 17 heavy (non-hydrogen) atoms. The molecule has 1 heterocycles. The fourth-order valence-electron chi connectivity index (χ4n) is 1.53. The van der Waals surface area contributed by atoms with Crippen LogP contribution < -0.4 is 11.1 Å². The molecule has 0 aliphatic heterocycles. The molecule has 3 nitrogen and oxygen atoms in total. The number of carbonyl (C=O) groups excluding carboxylic acids is 1. The maximum Gasteiger partial charge on any atom is 0.261 e. The third-order valence-corrected chi connectivity index (χ3v) is 4.55. The standard InChI is InChI=1S/C13H22N2OS/c1-5-13(14,6-2)8-15-12(16)11-7-9(3)10(4)17-11/h7H,5-6,8,14H2,1-4H3,(H,15,16). The van der Waals surface area contributed by atoms with Gasteiger partial charge in [0.1, 0.15) is 0 Å². The Morgan fingerprint density at radius 3 is 2.41 bits per heavy atom. The van der Waals surface area contributed by atoms with Crippen molar-refractivity contribution in [3.05, 3.63) is 21.4 Å². The largest absolute Gasteiger partial charge is 0.349 e. The zero-order valence-electron chi connectivity index (χ0n) is 11.1. The molecule has 0 radical (unpaired) electrons. The Morgan fingerprint density at radius 1 is 1.41 bits per heavy atom. The van der Waals surface area contributed by atoms with Gasteiger partial charge in [-0.3, -0.25) is 4.79 Å². The lowest BCUT2D eigenvalue weighted by Gasteiger charge is -2.26. The summed E-state index contributed by atoms with van der Waals surface area (Å²) in [6.07, 6.45) is 1.73. The Hall–Kier alpha value is -0.870. The number of thiophene rings is 1. The van der Waals surface area contributed by atoms with Gasteiger partial charge in [0.05, 0.1) is 4.88 Å². The topological polar surface area (TPSA) is 55.1 Å². The zero-order chi connectivity index (χ0) is 13.1. The third kappa shape index (κ3) is 3.54. The average molecular weight is 254 g/mol. The summed E-state index contributed by atoms with van der Waals surface area (Å²) in [7, 11) is 0. The van der Waals surface area contributed by atoms with Gasteiger partial charge in [-0.15, -0.1) is 11.3 Å². The third-order valence-electron chi connectivity index (χ3n) is 3.40. The van der Waals surface area contributed by atoms with Gasteiger partial charge >= 0.3 is 0 Å². The molecular formula is C13H22N2OS. The van der Waals surface area contributed by atoms with E-state index in [1.165, 1.54) is 21.8 Å². The molecule has 1 amide bonds. The molecule has 4 heteroatoms. The molecule has 96 valence electrons. The molecule has 0 unspecified atom stereocenters. The first-order valence-corrected chi connectivity index (χ1v) is 6.87. The van der Waals surface area contributed by atoms with Crippen molar-refractivity contribution in [1.82, 2.24) is 5.32 Å². The lowest BCUT2D eigenvalue weighted by atomic mass is 9.94. The van der Waals surface area contributed by atoms with E-state index < -0.39 is 0 Å². The van der Waals surface area contributed by atoms with Crippen molar-refractivity contribution in [2.75, 3.05) is 6.54 Å². The fourth-order valence-corrected chi connectivity index (χ4v) is 2.48. The van der Waals surface area contributed by atoms with E-state index in [1.54, 1.807) is 0 Å². The van der Waals surface area contributed by atoms with Gasteiger partial charge in [0, 0.05) is 17.0 Å². The van der Waals surface area contributed by atoms with Crippen molar-refractivity contribution in [2.45, 2.75) is 46.1 Å². The first-order chi connectivity index (χ1) is 7.91. The Kier molecular flexibility index (Phi) is 4.71. The van der Waals surface area contributed by atoms with E-state index in [4.69, 9.17) is 5.73 Å². The first-order valence-electron chi connectivity index (χ1n) is 6.06. The predicted octanol–water partition coefficient (Wildman–Crippen LogP) is 2.61. The summed E-state index contributed by atoms with van der Waals surface area (Å²) in [5.41, 5.74) is 7.04. The average Bonchev–Trinajstić information content (AvgIpc) is 2.66. The molecule has 0 saturated carbocycles. The van der Waals surface area contributed by atoms with Crippen molar-refractivity contribution < 1.29 is 4.79 Å². The van der Waals surface area contributed by atoms with E-state index >= 15 is 0 Å². The minimum absolute atomic E-state index is 0.0112. The molecule has 1 rings (SSSR count). The number of hydrogen-bond acceptors (Lipinski definition) is 3. The normalized spacial score (nSPS) is 11.6. The molecule has 1 aromatic rings. The second-order valence-corrected chi connectivity index (χ2v) is 5.86. The summed E-state index contributed by atoms with van der Waals surface area (Å²) in [4.78, 5) is 13.9. The van der Waals surface area contributed by atoms with Crippen LogP contribution in [0.1, 0.15) is 46.8 Å². The molecule has 0 atom stereocenters. The quantitative estimate of drug-likeness (QED) is 0.848. The molecule has 0 spiro atoms. The number of carbonyl (C=O) groups is 1. The van der Waals surface area contributed by atoms with Crippen LogP contribution in [0.25, 0.3) is 0 Å². The van der Waals surface area contributed by atoms with Crippen molar-refractivity contribution in [1.29, 1.82) is 0 Å². The Labute approximate surface area is 107 Å². The fraction of sp³-hybridized carbons (Fsp3) is 0.615. The minimum atomic E-state index is -0.281. The molecule has 1 aromatic heterocycles. The molecular weight excluding hydrogens is 232 g/mol. The summed E-state index contributed by atoms with van der Waals surface area (Å²) in [6, 6.07) is 1.94. The van der Waals surface area contributed by atoms with Crippen LogP contribution in [0.3, 0.4) is 0 Å². The SMILES string of the molecule is CCC(N)(CC)CNC(=O)c1cc(C)c(C)s1. The smallest absolute Gasteiger partial charge is 0.261 e. The zero-order valence-corrected chi connectivity index (χ0v) is 11.9. The van der Waals surface area contributed by atoms with Gasteiger partial charge in [-0.25, -0.2) is 0 Å². The second kappa shape index (κ2) is 5.65. The number of aryl methyl sites for hydroxylation is 2. The van der Waals surface area contributed by atoms with Crippen molar-refractivity contribution in [3.63, 3.8) is 0 Å². The van der Waals surface area contributed by atoms with E-state index in [1.807, 2.05) is 19.9 Å². The molecule has 0 aliphatic carbocycles.